The minimum Gasteiger partial charge on any atom is -0.457 e. The first-order valence-electron chi connectivity index (χ1n) is 8.74. The number of amides is 2. The normalized spacial score (nSPS) is 16.9. The number of likely N-dealkylation sites (tertiary alicyclic amines) is 1. The van der Waals surface area contributed by atoms with E-state index in [9.17, 15) is 9.59 Å². The highest BCUT2D eigenvalue weighted by molar-refractivity contribution is 5.93. The van der Waals surface area contributed by atoms with E-state index in [4.69, 9.17) is 4.74 Å². The summed E-state index contributed by atoms with van der Waals surface area (Å²) in [7, 11) is 1.62. The first kappa shape index (κ1) is 17.9. The molecule has 2 amide bonds. The highest BCUT2D eigenvalue weighted by atomic mass is 16.5. The molecule has 0 spiro atoms. The highest BCUT2D eigenvalue weighted by Gasteiger charge is 2.31. The summed E-state index contributed by atoms with van der Waals surface area (Å²) in [6.45, 7) is 0.968. The van der Waals surface area contributed by atoms with Gasteiger partial charge in [-0.25, -0.2) is 0 Å². The number of hydrogen-bond acceptors (Lipinski definition) is 4. The number of ether oxygens (including phenoxy) is 1. The molecule has 0 saturated carbocycles. The van der Waals surface area contributed by atoms with Gasteiger partial charge in [-0.15, -0.1) is 0 Å². The summed E-state index contributed by atoms with van der Waals surface area (Å²) < 4.78 is 5.73. The summed E-state index contributed by atoms with van der Waals surface area (Å²) in [6.07, 6.45) is 1.72. The third-order valence-corrected chi connectivity index (χ3v) is 4.38. The molecule has 0 aliphatic carbocycles. The predicted molar refractivity (Wildman–Crippen MR) is 100 cm³/mol. The molecule has 1 saturated heterocycles. The average molecular weight is 353 g/mol. The van der Waals surface area contributed by atoms with Gasteiger partial charge in [-0.05, 0) is 55.8 Å². The van der Waals surface area contributed by atoms with Crippen LogP contribution in [0.15, 0.2) is 54.6 Å². The summed E-state index contributed by atoms with van der Waals surface area (Å²) in [5.41, 5.74) is 0.700. The van der Waals surface area contributed by atoms with Gasteiger partial charge in [0.05, 0.1) is 12.6 Å². The maximum atomic E-state index is 12.3. The van der Waals surface area contributed by atoms with Crippen LogP contribution in [0.25, 0.3) is 0 Å². The van der Waals surface area contributed by atoms with Gasteiger partial charge in [0, 0.05) is 12.7 Å². The number of nitrogens with one attached hydrogen (secondary N) is 2. The molecule has 0 radical (unpaired) electrons. The summed E-state index contributed by atoms with van der Waals surface area (Å²) in [5, 5.41) is 5.53. The Morgan fingerprint density at radius 2 is 1.77 bits per heavy atom. The molecule has 3 rings (SSSR count). The fraction of sp³-hybridized carbons (Fsp3) is 0.300. The lowest BCUT2D eigenvalue weighted by atomic mass is 10.2. The van der Waals surface area contributed by atoms with Crippen molar-refractivity contribution >= 4 is 17.5 Å². The zero-order valence-electron chi connectivity index (χ0n) is 14.8. The summed E-state index contributed by atoms with van der Waals surface area (Å²) in [5.74, 6) is 1.31. The maximum Gasteiger partial charge on any atom is 0.238 e. The number of carbonyl (C=O) groups is 2. The van der Waals surface area contributed by atoms with Crippen LogP contribution in [0.4, 0.5) is 5.69 Å². The summed E-state index contributed by atoms with van der Waals surface area (Å²) >= 11 is 0. The van der Waals surface area contributed by atoms with E-state index in [2.05, 4.69) is 10.6 Å². The number of benzene rings is 2. The number of anilines is 1. The van der Waals surface area contributed by atoms with Gasteiger partial charge in [0.15, 0.2) is 0 Å². The van der Waals surface area contributed by atoms with Crippen molar-refractivity contribution in [3.8, 4) is 11.5 Å². The van der Waals surface area contributed by atoms with Gasteiger partial charge in [-0.1, -0.05) is 18.2 Å². The molecule has 0 aromatic heterocycles. The lowest BCUT2D eigenvalue weighted by Gasteiger charge is -2.22. The van der Waals surface area contributed by atoms with Gasteiger partial charge in [0.1, 0.15) is 11.5 Å². The largest absolute Gasteiger partial charge is 0.457 e. The highest BCUT2D eigenvalue weighted by Crippen LogP contribution is 2.23. The first-order valence-corrected chi connectivity index (χ1v) is 8.74. The topological polar surface area (TPSA) is 70.7 Å². The Labute approximate surface area is 153 Å². The van der Waals surface area contributed by atoms with Gasteiger partial charge in [0.2, 0.25) is 11.8 Å². The van der Waals surface area contributed by atoms with Gasteiger partial charge in [-0.3, -0.25) is 14.5 Å². The third kappa shape index (κ3) is 4.61. The Bertz CT molecular complexity index is 747. The van der Waals surface area contributed by atoms with Gasteiger partial charge in [-0.2, -0.15) is 0 Å². The van der Waals surface area contributed by atoms with Gasteiger partial charge >= 0.3 is 0 Å². The molecular formula is C20H23N3O3. The average Bonchev–Trinajstić information content (AvgIpc) is 3.11. The first-order chi connectivity index (χ1) is 12.7. The Hall–Kier alpha value is -2.86. The molecule has 1 aliphatic heterocycles. The smallest absolute Gasteiger partial charge is 0.238 e. The van der Waals surface area contributed by atoms with Crippen molar-refractivity contribution in [2.45, 2.75) is 18.9 Å². The second kappa shape index (κ2) is 8.49. The molecule has 26 heavy (non-hydrogen) atoms. The third-order valence-electron chi connectivity index (χ3n) is 4.38. The van der Waals surface area contributed by atoms with Crippen LogP contribution in [0.3, 0.4) is 0 Å². The van der Waals surface area contributed by atoms with Crippen molar-refractivity contribution in [1.29, 1.82) is 0 Å². The van der Waals surface area contributed by atoms with Crippen LogP contribution in [0.5, 0.6) is 11.5 Å². The molecule has 1 fully saturated rings. The molecular weight excluding hydrogens is 330 g/mol. The molecule has 6 nitrogen and oxygen atoms in total. The molecule has 1 unspecified atom stereocenters. The zero-order valence-corrected chi connectivity index (χ0v) is 14.8. The van der Waals surface area contributed by atoms with Gasteiger partial charge < -0.3 is 15.4 Å². The lowest BCUT2D eigenvalue weighted by Crippen LogP contribution is -2.45. The van der Waals surface area contributed by atoms with E-state index < -0.39 is 0 Å². The minimum atomic E-state index is -0.215. The molecule has 2 N–H and O–H groups in total. The number of para-hydroxylation sites is 1. The van der Waals surface area contributed by atoms with E-state index in [1.807, 2.05) is 47.4 Å². The Kier molecular flexibility index (Phi) is 5.86. The van der Waals surface area contributed by atoms with Crippen molar-refractivity contribution < 1.29 is 14.3 Å². The van der Waals surface area contributed by atoms with Crippen LogP contribution in [-0.2, 0) is 9.59 Å². The van der Waals surface area contributed by atoms with Crippen molar-refractivity contribution in [2.75, 3.05) is 25.5 Å². The summed E-state index contributed by atoms with van der Waals surface area (Å²) in [4.78, 5) is 26.1. The van der Waals surface area contributed by atoms with E-state index in [0.29, 0.717) is 11.4 Å². The monoisotopic (exact) mass is 353 g/mol. The molecule has 2 aromatic carbocycles. The van der Waals surface area contributed by atoms with Crippen LogP contribution >= 0.6 is 0 Å². The van der Waals surface area contributed by atoms with Crippen LogP contribution in [0, 0.1) is 0 Å². The molecule has 136 valence electrons. The van der Waals surface area contributed by atoms with E-state index >= 15 is 0 Å². The Morgan fingerprint density at radius 3 is 2.46 bits per heavy atom. The van der Waals surface area contributed by atoms with E-state index in [0.717, 1.165) is 25.1 Å². The van der Waals surface area contributed by atoms with E-state index in [-0.39, 0.29) is 24.4 Å². The molecule has 1 heterocycles. The quantitative estimate of drug-likeness (QED) is 0.838. The van der Waals surface area contributed by atoms with Crippen molar-refractivity contribution in [2.24, 2.45) is 0 Å². The molecule has 1 atom stereocenters. The fourth-order valence-electron chi connectivity index (χ4n) is 3.09. The van der Waals surface area contributed by atoms with Crippen molar-refractivity contribution in [3.63, 3.8) is 0 Å². The second-order valence-electron chi connectivity index (χ2n) is 6.23. The molecule has 0 bridgehead atoms. The Balaban J connectivity index is 1.53. The fourth-order valence-corrected chi connectivity index (χ4v) is 3.09. The number of hydrogen-bond donors (Lipinski definition) is 2. The number of carbonyl (C=O) groups excluding carboxylic acids is 2. The van der Waals surface area contributed by atoms with Crippen molar-refractivity contribution in [3.05, 3.63) is 54.6 Å². The van der Waals surface area contributed by atoms with Crippen molar-refractivity contribution in [1.82, 2.24) is 10.2 Å². The number of rotatable bonds is 6. The van der Waals surface area contributed by atoms with E-state index in [1.165, 1.54) is 0 Å². The number of likely N-dealkylation sites (N-methyl/N-ethyl adjacent to an activating group) is 1. The minimum absolute atomic E-state index is 0.0299. The lowest BCUT2D eigenvalue weighted by molar-refractivity contribution is -0.126. The Morgan fingerprint density at radius 1 is 1.08 bits per heavy atom. The molecule has 1 aliphatic rings. The number of nitrogens with zero attached hydrogens (tertiary/aromatic N) is 1. The van der Waals surface area contributed by atoms with Crippen LogP contribution in [-0.4, -0.2) is 42.9 Å². The van der Waals surface area contributed by atoms with Crippen LogP contribution in [0.1, 0.15) is 12.8 Å². The zero-order chi connectivity index (χ0) is 18.4. The standard InChI is InChI=1S/C20H23N3O3/c1-21-20(25)18-8-5-13-23(18)14-19(24)22-15-9-11-17(12-10-15)26-16-6-3-2-4-7-16/h2-4,6-7,9-12,18H,5,8,13-14H2,1H3,(H,21,25)(H,22,24). The molecule has 6 heteroatoms. The molecule has 2 aromatic rings. The maximum absolute atomic E-state index is 12.3. The van der Waals surface area contributed by atoms with Crippen LogP contribution in [0.2, 0.25) is 0 Å². The van der Waals surface area contributed by atoms with Crippen LogP contribution < -0.4 is 15.4 Å². The van der Waals surface area contributed by atoms with Gasteiger partial charge in [0.25, 0.3) is 0 Å². The van der Waals surface area contributed by atoms with E-state index in [1.54, 1.807) is 19.2 Å². The second-order valence-corrected chi connectivity index (χ2v) is 6.23. The summed E-state index contributed by atoms with van der Waals surface area (Å²) in [6, 6.07) is 16.5. The SMILES string of the molecule is CNC(=O)C1CCCN1CC(=O)Nc1ccc(Oc2ccccc2)cc1. The predicted octanol–water partition coefficient (Wildman–Crippen LogP) is 2.63.